The zero-order chi connectivity index (χ0) is 9.68. The first-order valence-corrected chi connectivity index (χ1v) is 4.32. The fraction of sp³-hybridized carbons (Fsp3) is 0.500. The second-order valence-electron chi connectivity index (χ2n) is 3.14. The van der Waals surface area contributed by atoms with Gasteiger partial charge in [0.15, 0.2) is 0 Å². The number of rotatable bonds is 4. The molecule has 0 aromatic heterocycles. The molecule has 0 spiro atoms. The van der Waals surface area contributed by atoms with E-state index in [-0.39, 0.29) is 12.6 Å². The van der Waals surface area contributed by atoms with E-state index >= 15 is 0 Å². The Morgan fingerprint density at radius 2 is 2.46 bits per heavy atom. The fourth-order valence-electron chi connectivity index (χ4n) is 0.978. The molecule has 0 unspecified atom stereocenters. The van der Waals surface area contributed by atoms with Crippen LogP contribution in [0, 0.1) is 0 Å². The second-order valence-corrected chi connectivity index (χ2v) is 3.14. The summed E-state index contributed by atoms with van der Waals surface area (Å²) in [4.78, 5) is 10.6. The minimum Gasteiger partial charge on any atom is -0.494 e. The summed E-state index contributed by atoms with van der Waals surface area (Å²) in [6, 6.07) is 0. The Kier molecular flexibility index (Phi) is 3.55. The van der Waals surface area contributed by atoms with E-state index in [0.717, 1.165) is 6.42 Å². The van der Waals surface area contributed by atoms with E-state index in [4.69, 9.17) is 4.74 Å². The standard InChI is InChI=1S/C10H14O3/c1-8(2)4-3-5-12-9-6-10(11)13-7-9/h4,6H,3,5,7H2,1-2H3. The predicted molar refractivity (Wildman–Crippen MR) is 49.0 cm³/mol. The molecule has 1 heterocycles. The van der Waals surface area contributed by atoms with Crippen molar-refractivity contribution in [1.29, 1.82) is 0 Å². The van der Waals surface area contributed by atoms with Crippen LogP contribution >= 0.6 is 0 Å². The molecule has 0 aliphatic carbocycles. The van der Waals surface area contributed by atoms with Crippen molar-refractivity contribution in [3.05, 3.63) is 23.5 Å². The number of hydrogen-bond acceptors (Lipinski definition) is 3. The maximum atomic E-state index is 10.6. The Morgan fingerprint density at radius 1 is 1.69 bits per heavy atom. The molecule has 0 saturated carbocycles. The molecule has 0 aromatic carbocycles. The SMILES string of the molecule is CC(C)=CCCOC1=CC(=O)OC1. The molecule has 0 aromatic rings. The van der Waals surface area contributed by atoms with Crippen molar-refractivity contribution in [2.45, 2.75) is 20.3 Å². The molecule has 1 aliphatic rings. The number of allylic oxidation sites excluding steroid dienone is 1. The van der Waals surface area contributed by atoms with Gasteiger partial charge < -0.3 is 9.47 Å². The van der Waals surface area contributed by atoms with Crippen LogP contribution in [0.1, 0.15) is 20.3 Å². The lowest BCUT2D eigenvalue weighted by molar-refractivity contribution is -0.135. The summed E-state index contributed by atoms with van der Waals surface area (Å²) in [5.41, 5.74) is 1.27. The molecule has 3 heteroatoms. The lowest BCUT2D eigenvalue weighted by Crippen LogP contribution is -1.96. The summed E-state index contributed by atoms with van der Waals surface area (Å²) in [5, 5.41) is 0. The second kappa shape index (κ2) is 4.70. The Bertz CT molecular complexity index is 247. The summed E-state index contributed by atoms with van der Waals surface area (Å²) in [5.74, 6) is 0.323. The fourth-order valence-corrected chi connectivity index (χ4v) is 0.978. The third-order valence-electron chi connectivity index (χ3n) is 1.59. The molecular formula is C10H14O3. The molecule has 0 fully saturated rings. The third-order valence-corrected chi connectivity index (χ3v) is 1.59. The van der Waals surface area contributed by atoms with Gasteiger partial charge in [0, 0.05) is 0 Å². The van der Waals surface area contributed by atoms with Gasteiger partial charge in [0.05, 0.1) is 12.7 Å². The number of carbonyl (C=O) groups is 1. The molecule has 72 valence electrons. The molecule has 1 aliphatic heterocycles. The Labute approximate surface area is 78.0 Å². The van der Waals surface area contributed by atoms with E-state index in [0.29, 0.717) is 12.4 Å². The van der Waals surface area contributed by atoms with E-state index in [1.807, 2.05) is 13.8 Å². The zero-order valence-corrected chi connectivity index (χ0v) is 8.00. The number of esters is 1. The van der Waals surface area contributed by atoms with Crippen molar-refractivity contribution in [3.63, 3.8) is 0 Å². The van der Waals surface area contributed by atoms with E-state index in [1.165, 1.54) is 11.6 Å². The number of cyclic esters (lactones) is 1. The summed E-state index contributed by atoms with van der Waals surface area (Å²) < 4.78 is 9.97. The lowest BCUT2D eigenvalue weighted by Gasteiger charge is -2.02. The first-order chi connectivity index (χ1) is 6.18. The van der Waals surface area contributed by atoms with Crippen LogP contribution in [0.15, 0.2) is 23.5 Å². The third kappa shape index (κ3) is 3.78. The van der Waals surface area contributed by atoms with E-state index < -0.39 is 0 Å². The van der Waals surface area contributed by atoms with Crippen LogP contribution in [0.4, 0.5) is 0 Å². The molecule has 0 amide bonds. The average molecular weight is 182 g/mol. The molecular weight excluding hydrogens is 168 g/mol. The van der Waals surface area contributed by atoms with Crippen LogP contribution < -0.4 is 0 Å². The molecule has 0 saturated heterocycles. The quantitative estimate of drug-likeness (QED) is 0.378. The highest BCUT2D eigenvalue weighted by Gasteiger charge is 2.12. The maximum absolute atomic E-state index is 10.6. The highest BCUT2D eigenvalue weighted by molar-refractivity contribution is 5.84. The summed E-state index contributed by atoms with van der Waals surface area (Å²) in [6.45, 7) is 4.98. The van der Waals surface area contributed by atoms with Gasteiger partial charge in [-0.2, -0.15) is 0 Å². The van der Waals surface area contributed by atoms with Gasteiger partial charge in [-0.15, -0.1) is 0 Å². The smallest absolute Gasteiger partial charge is 0.334 e. The average Bonchev–Trinajstić information content (AvgIpc) is 2.45. The minimum absolute atomic E-state index is 0.285. The van der Waals surface area contributed by atoms with Crippen LogP contribution in [0.3, 0.4) is 0 Å². The van der Waals surface area contributed by atoms with Gasteiger partial charge in [-0.25, -0.2) is 4.79 Å². The Balaban J connectivity index is 2.17. The first kappa shape index (κ1) is 9.84. The van der Waals surface area contributed by atoms with Gasteiger partial charge in [0.2, 0.25) is 0 Å². The van der Waals surface area contributed by atoms with Crippen molar-refractivity contribution in [2.75, 3.05) is 13.2 Å². The van der Waals surface area contributed by atoms with E-state index in [1.54, 1.807) is 0 Å². The van der Waals surface area contributed by atoms with Gasteiger partial charge in [-0.3, -0.25) is 0 Å². The van der Waals surface area contributed by atoms with Crippen LogP contribution in [-0.4, -0.2) is 19.2 Å². The molecule has 13 heavy (non-hydrogen) atoms. The van der Waals surface area contributed by atoms with Gasteiger partial charge in [-0.1, -0.05) is 11.6 Å². The van der Waals surface area contributed by atoms with Crippen LogP contribution in [0.5, 0.6) is 0 Å². The minimum atomic E-state index is -0.308. The summed E-state index contributed by atoms with van der Waals surface area (Å²) in [7, 11) is 0. The maximum Gasteiger partial charge on any atom is 0.334 e. The van der Waals surface area contributed by atoms with Crippen LogP contribution in [-0.2, 0) is 14.3 Å². The highest BCUT2D eigenvalue weighted by atomic mass is 16.6. The number of ether oxygens (including phenoxy) is 2. The van der Waals surface area contributed by atoms with Crippen molar-refractivity contribution in [1.82, 2.24) is 0 Å². The van der Waals surface area contributed by atoms with Crippen molar-refractivity contribution < 1.29 is 14.3 Å². The van der Waals surface area contributed by atoms with Gasteiger partial charge in [0.25, 0.3) is 0 Å². The van der Waals surface area contributed by atoms with E-state index in [2.05, 4.69) is 10.8 Å². The van der Waals surface area contributed by atoms with Crippen LogP contribution in [0.2, 0.25) is 0 Å². The monoisotopic (exact) mass is 182 g/mol. The summed E-state index contributed by atoms with van der Waals surface area (Å²) >= 11 is 0. The molecule has 0 bridgehead atoms. The molecule has 0 radical (unpaired) electrons. The number of hydrogen-bond donors (Lipinski definition) is 0. The van der Waals surface area contributed by atoms with Gasteiger partial charge in [0.1, 0.15) is 12.4 Å². The molecule has 0 N–H and O–H groups in total. The Hall–Kier alpha value is -1.25. The van der Waals surface area contributed by atoms with Gasteiger partial charge in [-0.05, 0) is 20.3 Å². The summed E-state index contributed by atoms with van der Waals surface area (Å²) in [6.07, 6.45) is 4.36. The largest absolute Gasteiger partial charge is 0.494 e. The first-order valence-electron chi connectivity index (χ1n) is 4.32. The molecule has 3 nitrogen and oxygen atoms in total. The highest BCUT2D eigenvalue weighted by Crippen LogP contribution is 2.07. The Morgan fingerprint density at radius 3 is 3.00 bits per heavy atom. The topological polar surface area (TPSA) is 35.5 Å². The van der Waals surface area contributed by atoms with Crippen LogP contribution in [0.25, 0.3) is 0 Å². The number of carbonyl (C=O) groups excluding carboxylic acids is 1. The lowest BCUT2D eigenvalue weighted by atomic mass is 10.3. The molecule has 1 rings (SSSR count). The van der Waals surface area contributed by atoms with Crippen molar-refractivity contribution in [2.24, 2.45) is 0 Å². The van der Waals surface area contributed by atoms with Crippen molar-refractivity contribution >= 4 is 5.97 Å². The normalized spacial score (nSPS) is 14.9. The van der Waals surface area contributed by atoms with Gasteiger partial charge >= 0.3 is 5.97 Å². The predicted octanol–water partition coefficient (Wildman–Crippen LogP) is 1.80. The zero-order valence-electron chi connectivity index (χ0n) is 8.00. The molecule has 0 atom stereocenters. The van der Waals surface area contributed by atoms with E-state index in [9.17, 15) is 4.79 Å². The van der Waals surface area contributed by atoms with Crippen molar-refractivity contribution in [3.8, 4) is 0 Å².